The van der Waals surface area contributed by atoms with Gasteiger partial charge in [0.15, 0.2) is 0 Å². The van der Waals surface area contributed by atoms with E-state index < -0.39 is 0 Å². The van der Waals surface area contributed by atoms with Crippen LogP contribution in [0.3, 0.4) is 0 Å². The van der Waals surface area contributed by atoms with Gasteiger partial charge in [-0.05, 0) is 42.7 Å². The van der Waals surface area contributed by atoms with Gasteiger partial charge in [0.25, 0.3) is 5.91 Å². The van der Waals surface area contributed by atoms with E-state index in [-0.39, 0.29) is 5.91 Å². The van der Waals surface area contributed by atoms with Crippen molar-refractivity contribution in [3.05, 3.63) is 24.0 Å². The third-order valence-electron chi connectivity index (χ3n) is 6.82. The van der Waals surface area contributed by atoms with Crippen molar-refractivity contribution >= 4 is 11.6 Å². The maximum atomic E-state index is 11.6. The maximum Gasteiger partial charge on any atom is 0.269 e. The van der Waals surface area contributed by atoms with Gasteiger partial charge in [0.2, 0.25) is 0 Å². The summed E-state index contributed by atoms with van der Waals surface area (Å²) in [5, 5.41) is 2.61. The third-order valence-corrected chi connectivity index (χ3v) is 6.82. The molecule has 2 heterocycles. The summed E-state index contributed by atoms with van der Waals surface area (Å²) < 4.78 is 0. The fraction of sp³-hybridized carbons (Fsp3) is 0.714. The summed E-state index contributed by atoms with van der Waals surface area (Å²) in [6.07, 6.45) is 7.21. The molecule has 1 saturated heterocycles. The second-order valence-corrected chi connectivity index (χ2v) is 8.51. The zero-order valence-corrected chi connectivity index (χ0v) is 16.8. The molecule has 0 spiro atoms. The second-order valence-electron chi connectivity index (χ2n) is 8.51. The Morgan fingerprint density at radius 1 is 1.23 bits per heavy atom. The lowest BCUT2D eigenvalue weighted by Crippen LogP contribution is -2.50. The molecule has 5 nitrogen and oxygen atoms in total. The lowest BCUT2D eigenvalue weighted by Gasteiger charge is -2.39. The number of amides is 1. The van der Waals surface area contributed by atoms with E-state index in [1.54, 1.807) is 7.05 Å². The molecule has 2 atom stereocenters. The first-order valence-corrected chi connectivity index (χ1v) is 10.1. The van der Waals surface area contributed by atoms with Crippen LogP contribution >= 0.6 is 0 Å². The predicted octanol–water partition coefficient (Wildman–Crippen LogP) is 3.17. The Kier molecular flexibility index (Phi) is 5.86. The molecule has 5 heteroatoms. The average Bonchev–Trinajstić information content (AvgIpc) is 3.19. The molecule has 1 amide bonds. The van der Waals surface area contributed by atoms with Crippen molar-refractivity contribution in [1.82, 2.24) is 15.2 Å². The van der Waals surface area contributed by atoms with Gasteiger partial charge in [-0.25, -0.2) is 4.98 Å². The van der Waals surface area contributed by atoms with E-state index in [1.807, 2.05) is 18.3 Å². The van der Waals surface area contributed by atoms with Crippen LogP contribution in [0, 0.1) is 11.3 Å². The van der Waals surface area contributed by atoms with Gasteiger partial charge in [-0.15, -0.1) is 0 Å². The third kappa shape index (κ3) is 4.03. The Morgan fingerprint density at radius 2 is 1.96 bits per heavy atom. The quantitative estimate of drug-likeness (QED) is 0.878. The molecular formula is C21H34N4O. The van der Waals surface area contributed by atoms with Gasteiger partial charge in [-0.1, -0.05) is 27.2 Å². The van der Waals surface area contributed by atoms with Crippen molar-refractivity contribution in [2.45, 2.75) is 52.5 Å². The largest absolute Gasteiger partial charge is 0.368 e. The molecule has 144 valence electrons. The Balaban J connectivity index is 1.52. The van der Waals surface area contributed by atoms with Crippen LogP contribution in [0.15, 0.2) is 18.3 Å². The number of rotatable bonds is 5. The van der Waals surface area contributed by atoms with Gasteiger partial charge in [-0.3, -0.25) is 9.69 Å². The predicted molar refractivity (Wildman–Crippen MR) is 107 cm³/mol. The van der Waals surface area contributed by atoms with Crippen LogP contribution in [-0.4, -0.2) is 55.1 Å². The molecule has 1 saturated carbocycles. The summed E-state index contributed by atoms with van der Waals surface area (Å²) in [7, 11) is 1.63. The number of carbonyl (C=O) groups is 1. The summed E-state index contributed by atoms with van der Waals surface area (Å²) in [6.45, 7) is 11.5. The highest BCUT2D eigenvalue weighted by Crippen LogP contribution is 2.43. The molecule has 2 fully saturated rings. The highest BCUT2D eigenvalue weighted by molar-refractivity contribution is 5.92. The molecule has 0 aromatic carbocycles. The Bertz CT molecular complexity index is 605. The fourth-order valence-corrected chi connectivity index (χ4v) is 4.47. The van der Waals surface area contributed by atoms with E-state index in [2.05, 4.69) is 40.9 Å². The number of piperazine rings is 1. The van der Waals surface area contributed by atoms with E-state index in [0.717, 1.165) is 43.8 Å². The van der Waals surface area contributed by atoms with Gasteiger partial charge in [0.1, 0.15) is 5.69 Å². The highest BCUT2D eigenvalue weighted by atomic mass is 16.1. The van der Waals surface area contributed by atoms with E-state index in [9.17, 15) is 4.79 Å². The van der Waals surface area contributed by atoms with Crippen molar-refractivity contribution in [1.29, 1.82) is 0 Å². The lowest BCUT2D eigenvalue weighted by molar-refractivity contribution is 0.0958. The number of hydrogen-bond donors (Lipinski definition) is 1. The second kappa shape index (κ2) is 7.95. The number of anilines is 1. The van der Waals surface area contributed by atoms with Gasteiger partial charge in [-0.2, -0.15) is 0 Å². The first kappa shape index (κ1) is 19.2. The zero-order valence-electron chi connectivity index (χ0n) is 16.8. The minimum Gasteiger partial charge on any atom is -0.368 e. The van der Waals surface area contributed by atoms with Crippen molar-refractivity contribution in [3.8, 4) is 0 Å². The first-order valence-electron chi connectivity index (χ1n) is 10.1. The minimum absolute atomic E-state index is 0.132. The van der Waals surface area contributed by atoms with Crippen LogP contribution in [0.5, 0.6) is 0 Å². The fourth-order valence-electron chi connectivity index (χ4n) is 4.47. The zero-order chi connectivity index (χ0) is 18.7. The molecular weight excluding hydrogens is 324 g/mol. The van der Waals surface area contributed by atoms with Crippen LogP contribution in [-0.2, 0) is 0 Å². The summed E-state index contributed by atoms with van der Waals surface area (Å²) >= 11 is 0. The van der Waals surface area contributed by atoms with Crippen molar-refractivity contribution < 1.29 is 4.79 Å². The van der Waals surface area contributed by atoms with Gasteiger partial charge >= 0.3 is 0 Å². The van der Waals surface area contributed by atoms with Gasteiger partial charge < -0.3 is 10.2 Å². The summed E-state index contributed by atoms with van der Waals surface area (Å²) in [5.41, 5.74) is 2.08. The van der Waals surface area contributed by atoms with Crippen molar-refractivity contribution in [2.24, 2.45) is 11.3 Å². The van der Waals surface area contributed by atoms with Crippen LogP contribution in [0.25, 0.3) is 0 Å². The molecule has 1 aliphatic heterocycles. The maximum absolute atomic E-state index is 11.6. The molecule has 1 aliphatic carbocycles. The molecule has 1 aromatic heterocycles. The molecule has 1 aromatic rings. The van der Waals surface area contributed by atoms with E-state index in [0.29, 0.717) is 11.1 Å². The first-order chi connectivity index (χ1) is 12.4. The molecule has 2 aliphatic rings. The monoisotopic (exact) mass is 358 g/mol. The molecule has 1 N–H and O–H groups in total. The van der Waals surface area contributed by atoms with Crippen molar-refractivity contribution in [2.75, 3.05) is 38.1 Å². The average molecular weight is 359 g/mol. The lowest BCUT2D eigenvalue weighted by atomic mass is 9.76. The Labute approximate surface area is 158 Å². The Morgan fingerprint density at radius 3 is 2.54 bits per heavy atom. The van der Waals surface area contributed by atoms with E-state index in [1.165, 1.54) is 25.7 Å². The van der Waals surface area contributed by atoms with Crippen LogP contribution in [0.2, 0.25) is 0 Å². The van der Waals surface area contributed by atoms with E-state index in [4.69, 9.17) is 0 Å². The molecule has 0 radical (unpaired) electrons. The normalized spacial score (nSPS) is 24.7. The summed E-state index contributed by atoms with van der Waals surface area (Å²) in [4.78, 5) is 21.0. The van der Waals surface area contributed by atoms with Gasteiger partial charge in [0, 0.05) is 39.3 Å². The number of nitrogens with zero attached hydrogens (tertiary/aromatic N) is 3. The number of nitrogens with one attached hydrogen (secondary N) is 1. The minimum atomic E-state index is -0.132. The van der Waals surface area contributed by atoms with Crippen LogP contribution in [0.4, 0.5) is 5.69 Å². The van der Waals surface area contributed by atoms with Gasteiger partial charge in [0.05, 0.1) is 11.9 Å². The molecule has 0 bridgehead atoms. The topological polar surface area (TPSA) is 48.5 Å². The number of carbonyl (C=O) groups excluding carboxylic acids is 1. The number of aromatic nitrogens is 1. The molecule has 26 heavy (non-hydrogen) atoms. The Hall–Kier alpha value is -1.62. The van der Waals surface area contributed by atoms with Crippen molar-refractivity contribution in [3.63, 3.8) is 0 Å². The van der Waals surface area contributed by atoms with Crippen LogP contribution in [0.1, 0.15) is 56.9 Å². The SMILES string of the molecule is CCC(C)(C)C1CC[C@@H](N2CCN(c3ccc(C(=O)NC)nc3)CC2)C1. The number of hydrogen-bond acceptors (Lipinski definition) is 4. The number of pyridine rings is 1. The standard InChI is InChI=1S/C21H34N4O/c1-5-21(2,3)16-6-7-17(14-16)24-10-12-25(13-11-24)18-8-9-19(23-15-18)20(26)22-4/h8-9,15-17H,5-7,10-14H2,1-4H3,(H,22,26)/t16?,17-/m1/s1. The summed E-state index contributed by atoms with van der Waals surface area (Å²) in [6, 6.07) is 4.60. The summed E-state index contributed by atoms with van der Waals surface area (Å²) in [5.74, 6) is 0.740. The van der Waals surface area contributed by atoms with Crippen LogP contribution < -0.4 is 10.2 Å². The molecule has 1 unspecified atom stereocenters. The van der Waals surface area contributed by atoms with E-state index >= 15 is 0 Å². The smallest absolute Gasteiger partial charge is 0.269 e. The molecule has 3 rings (SSSR count). The highest BCUT2D eigenvalue weighted by Gasteiger charge is 2.37.